The minimum Gasteiger partial charge on any atom is -0.383 e. The summed E-state index contributed by atoms with van der Waals surface area (Å²) in [6, 6.07) is 4.61. The molecule has 2 rings (SSSR count). The Bertz CT molecular complexity index is 939. The van der Waals surface area contributed by atoms with Crippen molar-refractivity contribution in [2.24, 2.45) is 5.14 Å². The lowest BCUT2D eigenvalue weighted by Gasteiger charge is -2.10. The third-order valence-corrected chi connectivity index (χ3v) is 6.08. The van der Waals surface area contributed by atoms with Gasteiger partial charge in [0.15, 0.2) is 5.16 Å². The number of ether oxygens (including phenoxy) is 1. The second kappa shape index (κ2) is 8.87. The molecule has 0 fully saturated rings. The number of methoxy groups -OCH3 is 1. The van der Waals surface area contributed by atoms with Crippen LogP contribution in [0.5, 0.6) is 0 Å². The number of nitrogens with one attached hydrogen (secondary N) is 1. The van der Waals surface area contributed by atoms with Gasteiger partial charge in [-0.1, -0.05) is 17.8 Å². The van der Waals surface area contributed by atoms with Gasteiger partial charge in [0, 0.05) is 25.0 Å². The first kappa shape index (κ1) is 21.4. The number of rotatable bonds is 8. The van der Waals surface area contributed by atoms with Crippen LogP contribution >= 0.6 is 11.8 Å². The summed E-state index contributed by atoms with van der Waals surface area (Å²) in [6.07, 6.45) is 0. The normalized spacial score (nSPS) is 11.6. The molecule has 0 saturated heterocycles. The predicted molar refractivity (Wildman–Crippen MR) is 105 cm³/mol. The number of carbonyl (C=O) groups is 1. The largest absolute Gasteiger partial charge is 0.383 e. The summed E-state index contributed by atoms with van der Waals surface area (Å²) >= 11 is 1.31. The fourth-order valence-corrected chi connectivity index (χ4v) is 4.22. The summed E-state index contributed by atoms with van der Waals surface area (Å²) < 4.78 is 30.3. The quantitative estimate of drug-likeness (QED) is 0.639. The van der Waals surface area contributed by atoms with Crippen molar-refractivity contribution in [2.45, 2.75) is 37.4 Å². The van der Waals surface area contributed by atoms with E-state index in [1.807, 2.05) is 18.4 Å². The highest BCUT2D eigenvalue weighted by Gasteiger charge is 2.15. The van der Waals surface area contributed by atoms with Gasteiger partial charge >= 0.3 is 0 Å². The number of aryl methyl sites for hydroxylation is 2. The van der Waals surface area contributed by atoms with Crippen LogP contribution in [-0.2, 0) is 26.1 Å². The topological polar surface area (TPSA) is 116 Å². The Hall–Kier alpha value is -1.88. The number of aromatic nitrogens is 2. The van der Waals surface area contributed by atoms with Gasteiger partial charge in [-0.15, -0.1) is 0 Å². The first-order chi connectivity index (χ1) is 12.6. The van der Waals surface area contributed by atoms with E-state index in [4.69, 9.17) is 9.88 Å². The molecular formula is C17H24N4O4S2. The molecule has 0 unspecified atom stereocenters. The fraction of sp³-hybridized carbons (Fsp3) is 0.412. The van der Waals surface area contributed by atoms with E-state index < -0.39 is 10.0 Å². The molecule has 0 spiro atoms. The van der Waals surface area contributed by atoms with E-state index >= 15 is 0 Å². The van der Waals surface area contributed by atoms with E-state index in [0.29, 0.717) is 24.4 Å². The number of anilines is 1. The Kier molecular flexibility index (Phi) is 7.04. The van der Waals surface area contributed by atoms with Crippen LogP contribution in [0.15, 0.2) is 28.3 Å². The van der Waals surface area contributed by atoms with Gasteiger partial charge in [-0.25, -0.2) is 18.5 Å². The first-order valence-corrected chi connectivity index (χ1v) is 10.8. The minimum absolute atomic E-state index is 0.00527. The van der Waals surface area contributed by atoms with E-state index in [9.17, 15) is 13.2 Å². The van der Waals surface area contributed by atoms with E-state index in [1.54, 1.807) is 26.2 Å². The number of nitrogens with zero attached hydrogens (tertiary/aromatic N) is 2. The lowest BCUT2D eigenvalue weighted by atomic mass is 10.2. The second-order valence-electron chi connectivity index (χ2n) is 6.07. The molecule has 0 atom stereocenters. The third kappa shape index (κ3) is 5.55. The maximum atomic E-state index is 12.3. The summed E-state index contributed by atoms with van der Waals surface area (Å²) in [6.45, 7) is 6.75. The average Bonchev–Trinajstić information content (AvgIpc) is 2.86. The summed E-state index contributed by atoms with van der Waals surface area (Å²) in [5.74, 6) is -0.123. The van der Waals surface area contributed by atoms with Crippen LogP contribution in [0.3, 0.4) is 0 Å². The second-order valence-corrected chi connectivity index (χ2v) is 8.54. The molecule has 3 N–H and O–H groups in total. The van der Waals surface area contributed by atoms with E-state index in [0.717, 1.165) is 16.5 Å². The molecule has 0 aliphatic heterocycles. The van der Waals surface area contributed by atoms with Crippen molar-refractivity contribution in [1.82, 2.24) is 9.55 Å². The summed E-state index contributed by atoms with van der Waals surface area (Å²) in [4.78, 5) is 16.8. The van der Waals surface area contributed by atoms with Gasteiger partial charge in [-0.3, -0.25) is 4.79 Å². The van der Waals surface area contributed by atoms with Gasteiger partial charge in [0.05, 0.1) is 22.9 Å². The van der Waals surface area contributed by atoms with E-state index in [2.05, 4.69) is 10.3 Å². The van der Waals surface area contributed by atoms with E-state index in [-0.39, 0.29) is 16.6 Å². The van der Waals surface area contributed by atoms with Crippen molar-refractivity contribution in [2.75, 3.05) is 24.8 Å². The SMILES string of the molecule is COCCn1c(SCC(=O)Nc2ccc(C)c(S(N)(=O)=O)c2)nc(C)c1C. The van der Waals surface area contributed by atoms with Crippen LogP contribution < -0.4 is 10.5 Å². The Labute approximate surface area is 163 Å². The number of hydrogen-bond acceptors (Lipinski definition) is 6. The monoisotopic (exact) mass is 412 g/mol. The summed E-state index contributed by atoms with van der Waals surface area (Å²) in [7, 11) is -2.21. The lowest BCUT2D eigenvalue weighted by Crippen LogP contribution is -2.17. The van der Waals surface area contributed by atoms with Crippen molar-refractivity contribution < 1.29 is 17.9 Å². The molecular weight excluding hydrogens is 388 g/mol. The van der Waals surface area contributed by atoms with Crippen LogP contribution in [0.4, 0.5) is 5.69 Å². The molecule has 10 heteroatoms. The zero-order valence-electron chi connectivity index (χ0n) is 15.8. The van der Waals surface area contributed by atoms with E-state index in [1.165, 1.54) is 17.8 Å². The fourth-order valence-electron chi connectivity index (χ4n) is 2.49. The highest BCUT2D eigenvalue weighted by Crippen LogP contribution is 2.22. The average molecular weight is 413 g/mol. The van der Waals surface area contributed by atoms with Gasteiger partial charge in [0.25, 0.3) is 0 Å². The highest BCUT2D eigenvalue weighted by molar-refractivity contribution is 7.99. The van der Waals surface area contributed by atoms with Crippen LogP contribution in [0.2, 0.25) is 0 Å². The van der Waals surface area contributed by atoms with Crippen LogP contribution in [0.1, 0.15) is 17.0 Å². The first-order valence-electron chi connectivity index (χ1n) is 8.22. The molecule has 0 aliphatic carbocycles. The molecule has 1 aromatic carbocycles. The summed E-state index contributed by atoms with van der Waals surface area (Å²) in [5, 5.41) is 8.64. The molecule has 1 heterocycles. The van der Waals surface area contributed by atoms with Crippen LogP contribution in [0.25, 0.3) is 0 Å². The smallest absolute Gasteiger partial charge is 0.238 e. The lowest BCUT2D eigenvalue weighted by molar-refractivity contribution is -0.113. The molecule has 0 bridgehead atoms. The Balaban J connectivity index is 2.06. The van der Waals surface area contributed by atoms with Gasteiger partial charge in [-0.05, 0) is 38.5 Å². The number of carbonyl (C=O) groups excluding carboxylic acids is 1. The van der Waals surface area contributed by atoms with Gasteiger partial charge < -0.3 is 14.6 Å². The zero-order valence-corrected chi connectivity index (χ0v) is 17.4. The molecule has 0 radical (unpaired) electrons. The number of benzene rings is 1. The number of sulfonamides is 1. The third-order valence-electron chi connectivity index (χ3n) is 4.05. The number of hydrogen-bond donors (Lipinski definition) is 2. The highest BCUT2D eigenvalue weighted by atomic mass is 32.2. The van der Waals surface area contributed by atoms with Crippen molar-refractivity contribution >= 4 is 33.4 Å². The van der Waals surface area contributed by atoms with Gasteiger partial charge in [0.2, 0.25) is 15.9 Å². The minimum atomic E-state index is -3.85. The number of thioether (sulfide) groups is 1. The maximum Gasteiger partial charge on any atom is 0.238 e. The van der Waals surface area contributed by atoms with Gasteiger partial charge in [0.1, 0.15) is 0 Å². The Morgan fingerprint density at radius 3 is 2.67 bits per heavy atom. The Morgan fingerprint density at radius 1 is 1.33 bits per heavy atom. The zero-order chi connectivity index (χ0) is 20.2. The standard InChI is InChI=1S/C17H24N4O4S2/c1-11-5-6-14(9-15(11)27(18,23)24)20-16(22)10-26-17-19-12(2)13(3)21(17)7-8-25-4/h5-6,9H,7-8,10H2,1-4H3,(H,20,22)(H2,18,23,24). The molecule has 148 valence electrons. The number of imidazole rings is 1. The maximum absolute atomic E-state index is 12.3. The van der Waals surface area contributed by atoms with Gasteiger partial charge in [-0.2, -0.15) is 0 Å². The molecule has 8 nitrogen and oxygen atoms in total. The molecule has 2 aromatic rings. The number of primary sulfonamides is 1. The van der Waals surface area contributed by atoms with Crippen molar-refractivity contribution in [3.63, 3.8) is 0 Å². The molecule has 1 amide bonds. The molecule has 27 heavy (non-hydrogen) atoms. The van der Waals surface area contributed by atoms with Crippen molar-refractivity contribution in [1.29, 1.82) is 0 Å². The number of amides is 1. The Morgan fingerprint density at radius 2 is 2.04 bits per heavy atom. The van der Waals surface area contributed by atoms with Crippen molar-refractivity contribution in [3.8, 4) is 0 Å². The van der Waals surface area contributed by atoms with Crippen molar-refractivity contribution in [3.05, 3.63) is 35.2 Å². The molecule has 0 saturated carbocycles. The van der Waals surface area contributed by atoms with Crippen LogP contribution in [-0.4, -0.2) is 43.3 Å². The number of nitrogens with two attached hydrogens (primary N) is 1. The van der Waals surface area contributed by atoms with Crippen LogP contribution in [0, 0.1) is 20.8 Å². The predicted octanol–water partition coefficient (Wildman–Crippen LogP) is 1.83. The summed E-state index contributed by atoms with van der Waals surface area (Å²) in [5.41, 5.74) is 2.85. The molecule has 0 aliphatic rings. The molecule has 1 aromatic heterocycles.